The van der Waals surface area contributed by atoms with Crippen LogP contribution in [-0.2, 0) is 0 Å². The summed E-state index contributed by atoms with van der Waals surface area (Å²) in [7, 11) is 0. The Kier molecular flexibility index (Phi) is 4.38. The molecule has 3 nitrogen and oxygen atoms in total. The maximum atomic E-state index is 9.10. The molecule has 4 heteroatoms. The molecule has 0 radical (unpaired) electrons. The lowest BCUT2D eigenvalue weighted by Crippen LogP contribution is -2.30. The molecule has 3 N–H and O–H groups in total. The number of rotatable bonds is 5. The van der Waals surface area contributed by atoms with Gasteiger partial charge in [-0.2, -0.15) is 0 Å². The van der Waals surface area contributed by atoms with Crippen molar-refractivity contribution in [1.82, 2.24) is 5.32 Å². The summed E-state index contributed by atoms with van der Waals surface area (Å²) >= 11 is 1.68. The van der Waals surface area contributed by atoms with Gasteiger partial charge in [0.2, 0.25) is 0 Å². The monoisotopic (exact) mass is 201 g/mol. The summed E-state index contributed by atoms with van der Waals surface area (Å²) in [4.78, 5) is 1.24. The second-order valence-corrected chi connectivity index (χ2v) is 3.96. The summed E-state index contributed by atoms with van der Waals surface area (Å²) in [6.07, 6.45) is -0.664. The third kappa shape index (κ3) is 3.44. The molecular formula is C9H15NO2S. The Labute approximate surface area is 82.0 Å². The summed E-state index contributed by atoms with van der Waals surface area (Å²) in [5.74, 6) is 0. The van der Waals surface area contributed by atoms with Gasteiger partial charge in [0.05, 0.1) is 12.7 Å². The molecule has 0 amide bonds. The molecule has 13 heavy (non-hydrogen) atoms. The number of nitrogens with one attached hydrogen (secondary N) is 1. The van der Waals surface area contributed by atoms with Crippen LogP contribution in [0.15, 0.2) is 17.5 Å². The lowest BCUT2D eigenvalue weighted by atomic mass is 10.2. The van der Waals surface area contributed by atoms with Gasteiger partial charge in [0.15, 0.2) is 0 Å². The molecule has 0 aromatic carbocycles. The quantitative estimate of drug-likeness (QED) is 0.659. The van der Waals surface area contributed by atoms with E-state index in [1.54, 1.807) is 11.3 Å². The van der Waals surface area contributed by atoms with Crippen molar-refractivity contribution < 1.29 is 10.2 Å². The van der Waals surface area contributed by atoms with Crippen LogP contribution in [0.5, 0.6) is 0 Å². The van der Waals surface area contributed by atoms with Crippen LogP contribution < -0.4 is 5.32 Å². The Morgan fingerprint density at radius 3 is 2.92 bits per heavy atom. The molecule has 1 aromatic rings. The first-order chi connectivity index (χ1) is 6.24. The zero-order chi connectivity index (χ0) is 9.68. The minimum Gasteiger partial charge on any atom is -0.394 e. The van der Waals surface area contributed by atoms with Gasteiger partial charge in [-0.3, -0.25) is 0 Å². The summed E-state index contributed by atoms with van der Waals surface area (Å²) in [6.45, 7) is 2.27. The van der Waals surface area contributed by atoms with Crippen molar-refractivity contribution >= 4 is 11.3 Å². The third-order valence-corrected chi connectivity index (χ3v) is 2.90. The van der Waals surface area contributed by atoms with E-state index in [4.69, 9.17) is 10.2 Å². The van der Waals surface area contributed by atoms with Crippen LogP contribution in [0.3, 0.4) is 0 Å². The van der Waals surface area contributed by atoms with Gasteiger partial charge in [-0.1, -0.05) is 6.07 Å². The Bertz CT molecular complexity index is 226. The number of hydrogen-bond acceptors (Lipinski definition) is 4. The van der Waals surface area contributed by atoms with Gasteiger partial charge in [-0.25, -0.2) is 0 Å². The number of thiophene rings is 1. The number of hydrogen-bond donors (Lipinski definition) is 3. The highest BCUT2D eigenvalue weighted by molar-refractivity contribution is 7.10. The van der Waals surface area contributed by atoms with Gasteiger partial charge < -0.3 is 15.5 Å². The van der Waals surface area contributed by atoms with Gasteiger partial charge in [-0.15, -0.1) is 11.3 Å². The Morgan fingerprint density at radius 1 is 1.62 bits per heavy atom. The maximum absolute atomic E-state index is 9.10. The molecule has 2 atom stereocenters. The molecule has 0 fully saturated rings. The summed E-state index contributed by atoms with van der Waals surface area (Å²) < 4.78 is 0. The Hall–Kier alpha value is -0.420. The van der Waals surface area contributed by atoms with Crippen LogP contribution in [-0.4, -0.2) is 29.5 Å². The lowest BCUT2D eigenvalue weighted by molar-refractivity contribution is 0.0925. The van der Waals surface area contributed by atoms with Crippen molar-refractivity contribution in [2.45, 2.75) is 19.1 Å². The van der Waals surface area contributed by atoms with Crippen molar-refractivity contribution in [3.05, 3.63) is 22.4 Å². The Morgan fingerprint density at radius 2 is 2.38 bits per heavy atom. The highest BCUT2D eigenvalue weighted by Crippen LogP contribution is 2.17. The van der Waals surface area contributed by atoms with Gasteiger partial charge in [0, 0.05) is 17.5 Å². The van der Waals surface area contributed by atoms with Gasteiger partial charge in [-0.05, 0) is 18.4 Å². The fourth-order valence-corrected chi connectivity index (χ4v) is 1.77. The topological polar surface area (TPSA) is 52.5 Å². The standard InChI is InChI=1S/C9H15NO2S/c1-7(9-3-2-4-13-9)10-5-8(12)6-11/h2-4,7-8,10-12H,5-6H2,1H3. The van der Waals surface area contributed by atoms with E-state index in [0.29, 0.717) is 6.54 Å². The van der Waals surface area contributed by atoms with Crippen LogP contribution >= 0.6 is 11.3 Å². The Balaban J connectivity index is 2.30. The first-order valence-corrected chi connectivity index (χ1v) is 5.17. The van der Waals surface area contributed by atoms with Crippen molar-refractivity contribution in [3.63, 3.8) is 0 Å². The third-order valence-electron chi connectivity index (χ3n) is 1.84. The first kappa shape index (κ1) is 10.7. The molecular weight excluding hydrogens is 186 g/mol. The molecule has 0 aliphatic carbocycles. The zero-order valence-electron chi connectivity index (χ0n) is 7.60. The highest BCUT2D eigenvalue weighted by atomic mass is 32.1. The normalized spacial score (nSPS) is 15.6. The number of aliphatic hydroxyl groups excluding tert-OH is 2. The first-order valence-electron chi connectivity index (χ1n) is 4.29. The number of aliphatic hydroxyl groups is 2. The fraction of sp³-hybridized carbons (Fsp3) is 0.556. The van der Waals surface area contributed by atoms with Crippen molar-refractivity contribution in [2.24, 2.45) is 0 Å². The summed E-state index contributed by atoms with van der Waals surface area (Å²) in [5, 5.41) is 22.8. The smallest absolute Gasteiger partial charge is 0.0895 e. The van der Waals surface area contributed by atoms with E-state index >= 15 is 0 Å². The van der Waals surface area contributed by atoms with Crippen LogP contribution in [0.1, 0.15) is 17.8 Å². The van der Waals surface area contributed by atoms with Gasteiger partial charge in [0.1, 0.15) is 0 Å². The van der Waals surface area contributed by atoms with Crippen LogP contribution in [0.4, 0.5) is 0 Å². The molecule has 1 heterocycles. The van der Waals surface area contributed by atoms with Crippen molar-refractivity contribution in [2.75, 3.05) is 13.2 Å². The van der Waals surface area contributed by atoms with E-state index in [1.807, 2.05) is 24.4 Å². The SMILES string of the molecule is CC(NCC(O)CO)c1cccs1. The lowest BCUT2D eigenvalue weighted by Gasteiger charge is -2.14. The average molecular weight is 201 g/mol. The van der Waals surface area contributed by atoms with E-state index in [0.717, 1.165) is 0 Å². The van der Waals surface area contributed by atoms with Crippen molar-refractivity contribution in [3.8, 4) is 0 Å². The molecule has 0 saturated carbocycles. The maximum Gasteiger partial charge on any atom is 0.0895 e. The van der Waals surface area contributed by atoms with Gasteiger partial charge in [0.25, 0.3) is 0 Å². The minimum absolute atomic E-state index is 0.190. The second kappa shape index (κ2) is 5.34. The molecule has 1 aromatic heterocycles. The molecule has 1 rings (SSSR count). The predicted molar refractivity (Wildman–Crippen MR) is 53.8 cm³/mol. The highest BCUT2D eigenvalue weighted by Gasteiger charge is 2.07. The molecule has 2 unspecified atom stereocenters. The predicted octanol–water partition coefficient (Wildman–Crippen LogP) is 0.752. The fourth-order valence-electron chi connectivity index (χ4n) is 1.02. The molecule has 0 bridgehead atoms. The second-order valence-electron chi connectivity index (χ2n) is 2.98. The minimum atomic E-state index is -0.664. The van der Waals surface area contributed by atoms with E-state index in [9.17, 15) is 0 Å². The van der Waals surface area contributed by atoms with Crippen LogP contribution in [0.25, 0.3) is 0 Å². The van der Waals surface area contributed by atoms with E-state index < -0.39 is 6.10 Å². The largest absolute Gasteiger partial charge is 0.394 e. The average Bonchev–Trinajstić information content (AvgIpc) is 2.66. The van der Waals surface area contributed by atoms with Crippen molar-refractivity contribution in [1.29, 1.82) is 0 Å². The summed E-state index contributed by atoms with van der Waals surface area (Å²) in [6, 6.07) is 4.29. The van der Waals surface area contributed by atoms with E-state index in [2.05, 4.69) is 5.32 Å². The molecule has 0 saturated heterocycles. The summed E-state index contributed by atoms with van der Waals surface area (Å²) in [5.41, 5.74) is 0. The van der Waals surface area contributed by atoms with Crippen LogP contribution in [0.2, 0.25) is 0 Å². The molecule has 74 valence electrons. The van der Waals surface area contributed by atoms with E-state index in [-0.39, 0.29) is 12.6 Å². The van der Waals surface area contributed by atoms with E-state index in [1.165, 1.54) is 4.88 Å². The molecule has 0 aliphatic rings. The molecule has 0 spiro atoms. The zero-order valence-corrected chi connectivity index (χ0v) is 8.42. The van der Waals surface area contributed by atoms with Crippen LogP contribution in [0, 0.1) is 0 Å². The van der Waals surface area contributed by atoms with Gasteiger partial charge >= 0.3 is 0 Å². The molecule has 0 aliphatic heterocycles.